The summed E-state index contributed by atoms with van der Waals surface area (Å²) in [5.41, 5.74) is 8.96. The van der Waals surface area contributed by atoms with E-state index in [1.165, 1.54) is 43.6 Å². The van der Waals surface area contributed by atoms with E-state index in [1.807, 2.05) is 0 Å². The average molecular weight is 274 g/mol. The first-order chi connectivity index (χ1) is 9.49. The number of hydrogen-bond donors (Lipinski definition) is 1. The minimum Gasteiger partial charge on any atom is -0.330 e. The molecule has 1 aromatic carbocycles. The molecule has 2 N–H and O–H groups in total. The van der Waals surface area contributed by atoms with Crippen LogP contribution in [0.25, 0.3) is 0 Å². The summed E-state index contributed by atoms with van der Waals surface area (Å²) in [7, 11) is 0. The first-order valence-electron chi connectivity index (χ1n) is 8.01. The van der Waals surface area contributed by atoms with Crippen molar-refractivity contribution in [3.63, 3.8) is 0 Å². The molecule has 0 aliphatic carbocycles. The van der Waals surface area contributed by atoms with Crippen LogP contribution in [0.15, 0.2) is 24.3 Å². The van der Waals surface area contributed by atoms with E-state index in [4.69, 9.17) is 5.73 Å². The first-order valence-corrected chi connectivity index (χ1v) is 8.01. The normalized spacial score (nSPS) is 21.1. The lowest BCUT2D eigenvalue weighted by Gasteiger charge is -2.32. The Labute approximate surface area is 124 Å². The molecule has 2 heteroatoms. The molecular formula is C18H30N2. The molecule has 0 aromatic heterocycles. The van der Waals surface area contributed by atoms with Crippen LogP contribution < -0.4 is 5.73 Å². The molecular weight excluding hydrogens is 244 g/mol. The van der Waals surface area contributed by atoms with Crippen molar-refractivity contribution in [2.75, 3.05) is 26.2 Å². The van der Waals surface area contributed by atoms with Crippen molar-refractivity contribution in [1.82, 2.24) is 4.90 Å². The zero-order valence-corrected chi connectivity index (χ0v) is 13.4. The maximum Gasteiger partial charge on any atom is 0.00219 e. The molecule has 1 heterocycles. The van der Waals surface area contributed by atoms with Gasteiger partial charge in [-0.05, 0) is 54.8 Å². The second-order valence-electron chi connectivity index (χ2n) is 7.24. The van der Waals surface area contributed by atoms with Crippen molar-refractivity contribution in [2.24, 2.45) is 11.7 Å². The van der Waals surface area contributed by atoms with Gasteiger partial charge >= 0.3 is 0 Å². The Morgan fingerprint density at radius 3 is 2.80 bits per heavy atom. The highest BCUT2D eigenvalue weighted by Gasteiger charge is 2.18. The Hall–Kier alpha value is -0.860. The van der Waals surface area contributed by atoms with Crippen molar-refractivity contribution in [3.05, 3.63) is 35.4 Å². The molecule has 1 unspecified atom stereocenters. The van der Waals surface area contributed by atoms with Crippen molar-refractivity contribution in [2.45, 2.75) is 45.4 Å². The maximum atomic E-state index is 5.81. The smallest absolute Gasteiger partial charge is 0.00219 e. The van der Waals surface area contributed by atoms with Gasteiger partial charge in [-0.15, -0.1) is 0 Å². The van der Waals surface area contributed by atoms with Gasteiger partial charge in [0.1, 0.15) is 0 Å². The van der Waals surface area contributed by atoms with E-state index >= 15 is 0 Å². The predicted molar refractivity (Wildman–Crippen MR) is 87.1 cm³/mol. The van der Waals surface area contributed by atoms with E-state index in [9.17, 15) is 0 Å². The Morgan fingerprint density at radius 1 is 1.30 bits per heavy atom. The van der Waals surface area contributed by atoms with Crippen LogP contribution in [0.2, 0.25) is 0 Å². The molecule has 1 aromatic rings. The average Bonchev–Trinajstić information content (AvgIpc) is 2.45. The lowest BCUT2D eigenvalue weighted by molar-refractivity contribution is 0.180. The SMILES string of the molecule is CC(C)(C)c1cccc(CCN2CCCC(CN)C2)c1. The Bertz CT molecular complexity index is 420. The van der Waals surface area contributed by atoms with Gasteiger partial charge in [-0.1, -0.05) is 45.0 Å². The fourth-order valence-electron chi connectivity index (χ4n) is 3.03. The molecule has 112 valence electrons. The monoisotopic (exact) mass is 274 g/mol. The van der Waals surface area contributed by atoms with E-state index in [2.05, 4.69) is 49.9 Å². The van der Waals surface area contributed by atoms with Crippen molar-refractivity contribution < 1.29 is 0 Å². The Morgan fingerprint density at radius 2 is 2.10 bits per heavy atom. The van der Waals surface area contributed by atoms with Gasteiger partial charge in [0, 0.05) is 13.1 Å². The van der Waals surface area contributed by atoms with Gasteiger partial charge in [-0.25, -0.2) is 0 Å². The Kier molecular flexibility index (Phi) is 5.22. The second-order valence-corrected chi connectivity index (χ2v) is 7.24. The quantitative estimate of drug-likeness (QED) is 0.913. The van der Waals surface area contributed by atoms with Crippen LogP contribution in [0, 0.1) is 5.92 Å². The third-order valence-electron chi connectivity index (χ3n) is 4.45. The van der Waals surface area contributed by atoms with Gasteiger partial charge in [0.25, 0.3) is 0 Å². The van der Waals surface area contributed by atoms with Crippen molar-refractivity contribution >= 4 is 0 Å². The molecule has 20 heavy (non-hydrogen) atoms. The zero-order chi connectivity index (χ0) is 14.6. The van der Waals surface area contributed by atoms with E-state index in [-0.39, 0.29) is 5.41 Å². The fourth-order valence-corrected chi connectivity index (χ4v) is 3.03. The summed E-state index contributed by atoms with van der Waals surface area (Å²) < 4.78 is 0. The van der Waals surface area contributed by atoms with Crippen LogP contribution in [0.5, 0.6) is 0 Å². The number of benzene rings is 1. The minimum atomic E-state index is 0.242. The molecule has 2 nitrogen and oxygen atoms in total. The van der Waals surface area contributed by atoms with Crippen LogP contribution >= 0.6 is 0 Å². The first kappa shape index (κ1) is 15.5. The number of rotatable bonds is 4. The van der Waals surface area contributed by atoms with E-state index in [0.29, 0.717) is 5.92 Å². The second kappa shape index (κ2) is 6.73. The highest BCUT2D eigenvalue weighted by Crippen LogP contribution is 2.23. The largest absolute Gasteiger partial charge is 0.330 e. The number of nitrogens with two attached hydrogens (primary N) is 1. The van der Waals surface area contributed by atoms with Gasteiger partial charge in [0.2, 0.25) is 0 Å². The molecule has 1 aliphatic rings. The molecule has 1 atom stereocenters. The van der Waals surface area contributed by atoms with Crippen molar-refractivity contribution in [1.29, 1.82) is 0 Å². The van der Waals surface area contributed by atoms with Crippen LogP contribution in [0.1, 0.15) is 44.7 Å². The Balaban J connectivity index is 1.91. The zero-order valence-electron chi connectivity index (χ0n) is 13.4. The van der Waals surface area contributed by atoms with Crippen LogP contribution in [-0.2, 0) is 11.8 Å². The van der Waals surface area contributed by atoms with E-state index in [0.717, 1.165) is 13.0 Å². The van der Waals surface area contributed by atoms with Gasteiger partial charge in [-0.3, -0.25) is 0 Å². The summed E-state index contributed by atoms with van der Waals surface area (Å²) in [6.45, 7) is 11.3. The number of hydrogen-bond acceptors (Lipinski definition) is 2. The molecule has 1 saturated heterocycles. The number of piperidine rings is 1. The van der Waals surface area contributed by atoms with Gasteiger partial charge in [0.15, 0.2) is 0 Å². The summed E-state index contributed by atoms with van der Waals surface area (Å²) >= 11 is 0. The molecule has 0 spiro atoms. The summed E-state index contributed by atoms with van der Waals surface area (Å²) in [5, 5.41) is 0. The number of nitrogens with zero attached hydrogens (tertiary/aromatic N) is 1. The standard InChI is InChI=1S/C18H30N2/c1-18(2,3)17-8-4-6-15(12-17)9-11-20-10-5-7-16(13-19)14-20/h4,6,8,12,16H,5,7,9-11,13-14,19H2,1-3H3. The summed E-state index contributed by atoms with van der Waals surface area (Å²) in [6, 6.07) is 9.09. The highest BCUT2D eigenvalue weighted by molar-refractivity contribution is 5.28. The topological polar surface area (TPSA) is 29.3 Å². The maximum absolute atomic E-state index is 5.81. The predicted octanol–water partition coefficient (Wildman–Crippen LogP) is 3.20. The molecule has 1 aliphatic heterocycles. The number of likely N-dealkylation sites (tertiary alicyclic amines) is 1. The molecule has 0 amide bonds. The summed E-state index contributed by atoms with van der Waals surface area (Å²) in [4.78, 5) is 2.59. The minimum absolute atomic E-state index is 0.242. The molecule has 2 rings (SSSR count). The van der Waals surface area contributed by atoms with Gasteiger partial charge in [0.05, 0.1) is 0 Å². The van der Waals surface area contributed by atoms with Crippen molar-refractivity contribution in [3.8, 4) is 0 Å². The lowest BCUT2D eigenvalue weighted by atomic mass is 9.86. The van der Waals surface area contributed by atoms with Crippen LogP contribution in [0.3, 0.4) is 0 Å². The summed E-state index contributed by atoms with van der Waals surface area (Å²) in [6.07, 6.45) is 3.78. The van der Waals surface area contributed by atoms with Crippen LogP contribution in [-0.4, -0.2) is 31.1 Å². The third kappa shape index (κ3) is 4.32. The molecule has 0 bridgehead atoms. The third-order valence-corrected chi connectivity index (χ3v) is 4.45. The molecule has 0 radical (unpaired) electrons. The van der Waals surface area contributed by atoms with Gasteiger partial charge in [-0.2, -0.15) is 0 Å². The van der Waals surface area contributed by atoms with E-state index < -0.39 is 0 Å². The molecule has 1 fully saturated rings. The van der Waals surface area contributed by atoms with Crippen LogP contribution in [0.4, 0.5) is 0 Å². The molecule has 0 saturated carbocycles. The fraction of sp³-hybridized carbons (Fsp3) is 0.667. The highest BCUT2D eigenvalue weighted by atomic mass is 15.1. The van der Waals surface area contributed by atoms with Gasteiger partial charge < -0.3 is 10.6 Å². The lowest BCUT2D eigenvalue weighted by Crippen LogP contribution is -2.39. The van der Waals surface area contributed by atoms with E-state index in [1.54, 1.807) is 0 Å². The summed E-state index contributed by atoms with van der Waals surface area (Å²) in [5.74, 6) is 0.713.